The smallest absolute Gasteiger partial charge is 0.271 e. The first-order chi connectivity index (χ1) is 13.6. The van der Waals surface area contributed by atoms with Gasteiger partial charge in [0.15, 0.2) is 0 Å². The number of pyridine rings is 1. The van der Waals surface area contributed by atoms with Crippen molar-refractivity contribution < 1.29 is 27.3 Å². The average Bonchev–Trinajstić information content (AvgIpc) is 3.03. The first-order valence-electron chi connectivity index (χ1n) is 8.45. The Morgan fingerprint density at radius 2 is 2.07 bits per heavy atom. The fraction of sp³-hybridized carbons (Fsp3) is 0.222. The molecule has 0 radical (unpaired) electrons. The highest BCUT2D eigenvalue weighted by molar-refractivity contribution is 9.10. The SMILES string of the molecule is CCC(c1ccc(C(N)=O)c(F)c1C(O)c1c[nH]c2ncc(Br)cc12)S(=O)(=O)O. The van der Waals surface area contributed by atoms with Crippen molar-refractivity contribution in [1.29, 1.82) is 0 Å². The van der Waals surface area contributed by atoms with E-state index in [9.17, 15) is 22.9 Å². The molecule has 0 spiro atoms. The van der Waals surface area contributed by atoms with E-state index < -0.39 is 44.3 Å². The van der Waals surface area contributed by atoms with Gasteiger partial charge in [-0.15, -0.1) is 0 Å². The highest BCUT2D eigenvalue weighted by atomic mass is 79.9. The third-order valence-electron chi connectivity index (χ3n) is 4.65. The minimum atomic E-state index is -4.61. The number of aliphatic hydroxyl groups excluding tert-OH is 1. The van der Waals surface area contributed by atoms with Gasteiger partial charge in [0, 0.05) is 33.4 Å². The van der Waals surface area contributed by atoms with Crippen LogP contribution in [-0.4, -0.2) is 34.0 Å². The minimum Gasteiger partial charge on any atom is -0.383 e. The van der Waals surface area contributed by atoms with E-state index >= 15 is 4.39 Å². The van der Waals surface area contributed by atoms with Crippen molar-refractivity contribution in [2.45, 2.75) is 24.7 Å². The summed E-state index contributed by atoms with van der Waals surface area (Å²) in [5.41, 5.74) is 4.71. The molecule has 2 heterocycles. The molecule has 8 nitrogen and oxygen atoms in total. The number of H-pyrrole nitrogens is 1. The number of benzene rings is 1. The second-order valence-corrected chi connectivity index (χ2v) is 8.92. The number of fused-ring (bicyclic) bond motifs is 1. The van der Waals surface area contributed by atoms with E-state index in [0.29, 0.717) is 15.5 Å². The summed E-state index contributed by atoms with van der Waals surface area (Å²) in [5, 5.41) is 9.97. The standard InChI is InChI=1S/C18H17BrFN3O5S/c1-2-13(29(26,27)28)9-3-4-10(17(21)25)15(20)14(9)16(24)12-7-23-18-11(12)5-8(19)6-22-18/h3-7,13,16,24H,2H2,1H3,(H2,21,25)(H,22,23)(H,26,27,28). The maximum Gasteiger partial charge on any atom is 0.271 e. The molecule has 1 amide bonds. The predicted octanol–water partition coefficient (Wildman–Crippen LogP) is 2.98. The van der Waals surface area contributed by atoms with Gasteiger partial charge in [-0.1, -0.05) is 13.0 Å². The van der Waals surface area contributed by atoms with E-state index in [1.165, 1.54) is 25.4 Å². The largest absolute Gasteiger partial charge is 0.383 e. The van der Waals surface area contributed by atoms with Crippen LogP contribution in [0.3, 0.4) is 0 Å². The van der Waals surface area contributed by atoms with Crippen molar-refractivity contribution in [3.05, 3.63) is 63.1 Å². The maximum atomic E-state index is 15.2. The second kappa shape index (κ2) is 7.82. The maximum absolute atomic E-state index is 15.2. The third kappa shape index (κ3) is 3.90. The molecule has 2 aromatic heterocycles. The molecule has 0 bridgehead atoms. The minimum absolute atomic E-state index is 0.0884. The lowest BCUT2D eigenvalue weighted by Gasteiger charge is -2.22. The van der Waals surface area contributed by atoms with Gasteiger partial charge in [-0.2, -0.15) is 8.42 Å². The zero-order chi connectivity index (χ0) is 21.5. The first-order valence-corrected chi connectivity index (χ1v) is 10.7. The third-order valence-corrected chi connectivity index (χ3v) is 6.39. The molecule has 5 N–H and O–H groups in total. The first kappa shape index (κ1) is 21.4. The molecule has 0 aliphatic heterocycles. The Hall–Kier alpha value is -2.34. The molecule has 3 rings (SSSR count). The summed E-state index contributed by atoms with van der Waals surface area (Å²) in [6.07, 6.45) is 1.18. The number of aromatic nitrogens is 2. The van der Waals surface area contributed by atoms with Crippen LogP contribution in [0.1, 0.15) is 51.7 Å². The number of nitrogens with one attached hydrogen (secondary N) is 1. The number of hydrogen-bond acceptors (Lipinski definition) is 5. The molecular weight excluding hydrogens is 469 g/mol. The van der Waals surface area contributed by atoms with Crippen molar-refractivity contribution in [2.24, 2.45) is 5.73 Å². The monoisotopic (exact) mass is 485 g/mol. The van der Waals surface area contributed by atoms with Crippen LogP contribution >= 0.6 is 15.9 Å². The fourth-order valence-corrected chi connectivity index (χ4v) is 4.61. The van der Waals surface area contributed by atoms with Gasteiger partial charge in [0.1, 0.15) is 22.8 Å². The van der Waals surface area contributed by atoms with Crippen LogP contribution in [0.2, 0.25) is 0 Å². The summed E-state index contributed by atoms with van der Waals surface area (Å²) >= 11 is 3.27. The average molecular weight is 486 g/mol. The molecule has 0 aliphatic carbocycles. The molecule has 1 aromatic carbocycles. The van der Waals surface area contributed by atoms with E-state index in [4.69, 9.17) is 5.73 Å². The topological polar surface area (TPSA) is 146 Å². The predicted molar refractivity (Wildman–Crippen MR) is 107 cm³/mol. The molecule has 29 heavy (non-hydrogen) atoms. The van der Waals surface area contributed by atoms with Gasteiger partial charge < -0.3 is 15.8 Å². The van der Waals surface area contributed by atoms with Crippen LogP contribution in [0.15, 0.2) is 35.1 Å². The summed E-state index contributed by atoms with van der Waals surface area (Å²) in [6.45, 7) is 1.49. The summed E-state index contributed by atoms with van der Waals surface area (Å²) in [4.78, 5) is 18.6. The molecule has 2 unspecified atom stereocenters. The van der Waals surface area contributed by atoms with Crippen LogP contribution in [0, 0.1) is 5.82 Å². The van der Waals surface area contributed by atoms with E-state index in [-0.39, 0.29) is 17.5 Å². The van der Waals surface area contributed by atoms with Crippen LogP contribution in [0.4, 0.5) is 4.39 Å². The number of nitrogens with two attached hydrogens (primary N) is 1. The molecule has 154 valence electrons. The molecule has 3 aromatic rings. The Labute approximate surface area is 173 Å². The number of rotatable bonds is 6. The number of primary amides is 1. The Balaban J connectivity index is 2.31. The van der Waals surface area contributed by atoms with Crippen LogP contribution in [0.25, 0.3) is 11.0 Å². The second-order valence-electron chi connectivity index (χ2n) is 6.40. The Morgan fingerprint density at radius 3 is 2.66 bits per heavy atom. The van der Waals surface area contributed by atoms with Crippen molar-refractivity contribution in [1.82, 2.24) is 9.97 Å². The number of carbonyl (C=O) groups excluding carboxylic acids is 1. The molecule has 2 atom stereocenters. The molecule has 0 fully saturated rings. The van der Waals surface area contributed by atoms with E-state index in [1.807, 2.05) is 0 Å². The lowest BCUT2D eigenvalue weighted by Crippen LogP contribution is -2.20. The Bertz CT molecular complexity index is 1210. The number of amides is 1. The van der Waals surface area contributed by atoms with E-state index in [2.05, 4.69) is 25.9 Å². The quantitative estimate of drug-likeness (QED) is 0.394. The Morgan fingerprint density at radius 1 is 1.38 bits per heavy atom. The summed E-state index contributed by atoms with van der Waals surface area (Å²) in [7, 11) is -4.61. The number of carbonyl (C=O) groups is 1. The van der Waals surface area contributed by atoms with Crippen molar-refractivity contribution >= 4 is 43.0 Å². The van der Waals surface area contributed by atoms with E-state index in [1.54, 1.807) is 6.07 Å². The fourth-order valence-electron chi connectivity index (χ4n) is 3.33. The molecular formula is C18H17BrFN3O5S. The zero-order valence-electron chi connectivity index (χ0n) is 15.1. The van der Waals surface area contributed by atoms with Gasteiger partial charge in [-0.3, -0.25) is 9.35 Å². The number of hydrogen-bond donors (Lipinski definition) is 4. The van der Waals surface area contributed by atoms with Gasteiger partial charge in [0.05, 0.1) is 5.56 Å². The van der Waals surface area contributed by atoms with E-state index in [0.717, 1.165) is 6.07 Å². The number of aromatic amines is 1. The highest BCUT2D eigenvalue weighted by Crippen LogP contribution is 2.38. The molecule has 0 saturated heterocycles. The lowest BCUT2D eigenvalue weighted by molar-refractivity contribution is 0.0995. The summed E-state index contributed by atoms with van der Waals surface area (Å²) in [5.74, 6) is -2.23. The zero-order valence-corrected chi connectivity index (χ0v) is 17.5. The normalized spacial score (nSPS) is 14.1. The number of halogens is 2. The highest BCUT2D eigenvalue weighted by Gasteiger charge is 2.33. The summed E-state index contributed by atoms with van der Waals surface area (Å²) < 4.78 is 49.1. The van der Waals surface area contributed by atoms with Crippen LogP contribution < -0.4 is 5.73 Å². The van der Waals surface area contributed by atoms with Gasteiger partial charge in [-0.25, -0.2) is 9.37 Å². The molecule has 0 aliphatic rings. The van der Waals surface area contributed by atoms with Crippen LogP contribution in [-0.2, 0) is 10.1 Å². The molecule has 0 saturated carbocycles. The molecule has 11 heteroatoms. The number of aliphatic hydroxyl groups is 1. The van der Waals surface area contributed by atoms with Gasteiger partial charge >= 0.3 is 0 Å². The number of nitrogens with zero attached hydrogens (tertiary/aromatic N) is 1. The van der Waals surface area contributed by atoms with Gasteiger partial charge in [0.2, 0.25) is 0 Å². The summed E-state index contributed by atoms with van der Waals surface area (Å²) in [6, 6.07) is 3.85. The van der Waals surface area contributed by atoms with Crippen molar-refractivity contribution in [2.75, 3.05) is 0 Å². The lowest BCUT2D eigenvalue weighted by atomic mass is 9.91. The van der Waals surface area contributed by atoms with Crippen LogP contribution in [0.5, 0.6) is 0 Å². The van der Waals surface area contributed by atoms with Crippen molar-refractivity contribution in [3.8, 4) is 0 Å². The van der Waals surface area contributed by atoms with Gasteiger partial charge in [-0.05, 0) is 40.0 Å². The Kier molecular flexibility index (Phi) is 5.77. The van der Waals surface area contributed by atoms with Crippen molar-refractivity contribution in [3.63, 3.8) is 0 Å². The van der Waals surface area contributed by atoms with Gasteiger partial charge in [0.25, 0.3) is 16.0 Å².